The molecular weight excluding hydrogens is 186 g/mol. The van der Waals surface area contributed by atoms with Crippen LogP contribution in [0.25, 0.3) is 0 Å². The monoisotopic (exact) mass is 193 g/mol. The third kappa shape index (κ3) is 4.17. The Morgan fingerprint density at radius 2 is 2.44 bits per heavy atom. The Kier molecular flexibility index (Phi) is 4.35. The van der Waals surface area contributed by atoms with E-state index in [-0.39, 0.29) is 0 Å². The summed E-state index contributed by atoms with van der Waals surface area (Å²) in [7, 11) is 0. The summed E-state index contributed by atoms with van der Waals surface area (Å²) in [5, 5.41) is 8.23. The number of aliphatic carboxylic acids is 1. The van der Waals surface area contributed by atoms with Crippen molar-refractivity contribution in [1.82, 2.24) is 0 Å². The molecule has 4 heteroatoms. The second-order valence-corrected chi connectivity index (χ2v) is 2.07. The zero-order valence-electron chi connectivity index (χ0n) is 4.75. The van der Waals surface area contributed by atoms with Gasteiger partial charge in [0.15, 0.2) is 0 Å². The predicted octanol–water partition coefficient (Wildman–Crippen LogP) is 0.697. The average Bonchev–Trinajstić information content (AvgIpc) is 1.82. The van der Waals surface area contributed by atoms with E-state index in [2.05, 4.69) is 15.9 Å². The highest BCUT2D eigenvalue weighted by molar-refractivity contribution is 9.11. The van der Waals surface area contributed by atoms with Gasteiger partial charge in [0.05, 0.1) is 0 Å². The van der Waals surface area contributed by atoms with Crippen molar-refractivity contribution in [3.05, 3.63) is 11.1 Å². The zero-order chi connectivity index (χ0) is 7.28. The molecule has 0 aliphatic rings. The molecule has 52 valence electrons. The molecule has 1 atom stereocenters. The molecule has 0 aliphatic carbocycles. The number of carbonyl (C=O) groups is 1. The Morgan fingerprint density at radius 3 is 2.78 bits per heavy atom. The lowest BCUT2D eigenvalue weighted by Crippen LogP contribution is -2.29. The highest BCUT2D eigenvalue weighted by Gasteiger charge is 2.07. The lowest BCUT2D eigenvalue weighted by Gasteiger charge is -1.98. The van der Waals surface area contributed by atoms with Crippen molar-refractivity contribution in [2.75, 3.05) is 0 Å². The lowest BCUT2D eigenvalue weighted by molar-refractivity contribution is -0.138. The van der Waals surface area contributed by atoms with Crippen LogP contribution < -0.4 is 5.73 Å². The summed E-state index contributed by atoms with van der Waals surface area (Å²) in [5.74, 6) is -0.972. The highest BCUT2D eigenvalue weighted by atomic mass is 79.9. The van der Waals surface area contributed by atoms with Crippen molar-refractivity contribution < 1.29 is 9.90 Å². The summed E-state index contributed by atoms with van der Waals surface area (Å²) >= 11 is 3.00. The predicted molar refractivity (Wildman–Crippen MR) is 38.3 cm³/mol. The minimum Gasteiger partial charge on any atom is -0.480 e. The van der Waals surface area contributed by atoms with Crippen LogP contribution in [0, 0.1) is 0 Å². The van der Waals surface area contributed by atoms with Crippen LogP contribution in [-0.2, 0) is 4.79 Å². The lowest BCUT2D eigenvalue weighted by atomic mass is 10.2. The molecular formula is C5H8BrNO2. The van der Waals surface area contributed by atoms with Gasteiger partial charge in [-0.1, -0.05) is 22.0 Å². The molecule has 0 saturated carbocycles. The van der Waals surface area contributed by atoms with Crippen molar-refractivity contribution in [2.45, 2.75) is 12.5 Å². The fraction of sp³-hybridized carbons (Fsp3) is 0.400. The molecule has 0 bridgehead atoms. The number of carboxylic acids is 1. The fourth-order valence-electron chi connectivity index (χ4n) is 0.299. The first-order valence-corrected chi connectivity index (χ1v) is 3.33. The number of hydrogen-bond donors (Lipinski definition) is 2. The van der Waals surface area contributed by atoms with Crippen LogP contribution in [0.4, 0.5) is 0 Å². The van der Waals surface area contributed by atoms with Crippen LogP contribution >= 0.6 is 15.9 Å². The molecule has 0 rings (SSSR count). The van der Waals surface area contributed by atoms with Crippen LogP contribution in [-0.4, -0.2) is 17.1 Å². The Bertz CT molecular complexity index is 124. The van der Waals surface area contributed by atoms with Crippen LogP contribution in [0.15, 0.2) is 11.1 Å². The maximum Gasteiger partial charge on any atom is 0.320 e. The summed E-state index contributed by atoms with van der Waals surface area (Å²) in [6.07, 6.45) is 2.01. The van der Waals surface area contributed by atoms with Gasteiger partial charge >= 0.3 is 5.97 Å². The first kappa shape index (κ1) is 8.65. The third-order valence-corrected chi connectivity index (χ3v) is 1.17. The molecule has 0 radical (unpaired) electrons. The number of rotatable bonds is 3. The molecule has 0 saturated heterocycles. The third-order valence-electron chi connectivity index (χ3n) is 0.796. The number of carboxylic acid groups (broad SMARTS) is 1. The van der Waals surface area contributed by atoms with Crippen LogP contribution in [0.1, 0.15) is 6.42 Å². The normalized spacial score (nSPS) is 14.0. The molecule has 0 aromatic rings. The molecule has 3 N–H and O–H groups in total. The maximum absolute atomic E-state index is 10.0. The van der Waals surface area contributed by atoms with Crippen molar-refractivity contribution in [3.8, 4) is 0 Å². The summed E-state index contributed by atoms with van der Waals surface area (Å²) in [6, 6.07) is -0.779. The topological polar surface area (TPSA) is 63.3 Å². The first-order chi connectivity index (χ1) is 4.18. The number of halogens is 1. The molecule has 0 aromatic carbocycles. The molecule has 3 nitrogen and oxygen atoms in total. The second-order valence-electron chi connectivity index (χ2n) is 1.54. The van der Waals surface area contributed by atoms with Crippen LogP contribution in [0.3, 0.4) is 0 Å². The van der Waals surface area contributed by atoms with Gasteiger partial charge in [-0.2, -0.15) is 0 Å². The summed E-state index contributed by atoms with van der Waals surface area (Å²) < 4.78 is 0. The van der Waals surface area contributed by atoms with Gasteiger partial charge in [-0.15, -0.1) is 0 Å². The van der Waals surface area contributed by atoms with E-state index in [0.29, 0.717) is 6.42 Å². The van der Waals surface area contributed by atoms with E-state index in [1.54, 1.807) is 11.1 Å². The van der Waals surface area contributed by atoms with Gasteiger partial charge in [0.1, 0.15) is 6.04 Å². The van der Waals surface area contributed by atoms with Crippen molar-refractivity contribution in [1.29, 1.82) is 0 Å². The minimum absolute atomic E-state index is 0.362. The van der Waals surface area contributed by atoms with E-state index in [9.17, 15) is 4.79 Å². The Morgan fingerprint density at radius 1 is 1.89 bits per heavy atom. The molecule has 0 spiro atoms. The Balaban J connectivity index is 3.50. The van der Waals surface area contributed by atoms with Gasteiger partial charge < -0.3 is 10.8 Å². The van der Waals surface area contributed by atoms with Crippen molar-refractivity contribution >= 4 is 21.9 Å². The van der Waals surface area contributed by atoms with Gasteiger partial charge in [-0.05, 0) is 11.4 Å². The minimum atomic E-state index is -0.972. The Labute approximate surface area is 61.7 Å². The van der Waals surface area contributed by atoms with Gasteiger partial charge in [-0.3, -0.25) is 4.79 Å². The van der Waals surface area contributed by atoms with Crippen LogP contribution in [0.5, 0.6) is 0 Å². The Hall–Kier alpha value is -0.350. The van der Waals surface area contributed by atoms with Crippen molar-refractivity contribution in [3.63, 3.8) is 0 Å². The molecule has 0 amide bonds. The summed E-state index contributed by atoms with van der Waals surface area (Å²) in [6.45, 7) is 0. The molecule has 0 fully saturated rings. The van der Waals surface area contributed by atoms with Crippen LogP contribution in [0.2, 0.25) is 0 Å². The molecule has 0 aromatic heterocycles. The quantitative estimate of drug-likeness (QED) is 0.694. The summed E-state index contributed by atoms with van der Waals surface area (Å²) in [5.41, 5.74) is 5.13. The standard InChI is InChI=1S/C5H8BrNO2/c6-3-1-2-4(7)5(8)9/h1,3-4H,2,7H2,(H,8,9). The highest BCUT2D eigenvalue weighted by Crippen LogP contribution is 1.92. The van der Waals surface area contributed by atoms with E-state index in [1.807, 2.05) is 0 Å². The number of hydrogen-bond acceptors (Lipinski definition) is 2. The average molecular weight is 194 g/mol. The maximum atomic E-state index is 10.0. The molecule has 0 heterocycles. The largest absolute Gasteiger partial charge is 0.480 e. The van der Waals surface area contributed by atoms with E-state index in [0.717, 1.165) is 0 Å². The van der Waals surface area contributed by atoms with Gasteiger partial charge in [0, 0.05) is 0 Å². The zero-order valence-corrected chi connectivity index (χ0v) is 6.34. The number of nitrogens with two attached hydrogens (primary N) is 1. The molecule has 9 heavy (non-hydrogen) atoms. The van der Waals surface area contributed by atoms with Gasteiger partial charge in [0.2, 0.25) is 0 Å². The van der Waals surface area contributed by atoms with E-state index >= 15 is 0 Å². The van der Waals surface area contributed by atoms with E-state index in [1.165, 1.54) is 0 Å². The first-order valence-electron chi connectivity index (χ1n) is 2.42. The molecule has 0 aliphatic heterocycles. The second kappa shape index (κ2) is 4.52. The fourth-order valence-corrected chi connectivity index (χ4v) is 0.515. The summed E-state index contributed by atoms with van der Waals surface area (Å²) in [4.78, 5) is 11.6. The SMILES string of the molecule is NC(CC=CBr)C(=O)O. The molecule has 1 unspecified atom stereocenters. The van der Waals surface area contributed by atoms with E-state index in [4.69, 9.17) is 10.8 Å². The van der Waals surface area contributed by atoms with Gasteiger partial charge in [-0.25, -0.2) is 0 Å². The van der Waals surface area contributed by atoms with Crippen molar-refractivity contribution in [2.24, 2.45) is 5.73 Å². The smallest absolute Gasteiger partial charge is 0.320 e. The van der Waals surface area contributed by atoms with Gasteiger partial charge in [0.25, 0.3) is 0 Å². The van der Waals surface area contributed by atoms with E-state index < -0.39 is 12.0 Å².